The summed E-state index contributed by atoms with van der Waals surface area (Å²) in [6.07, 6.45) is 1.18. The van der Waals surface area contributed by atoms with E-state index in [-0.39, 0.29) is 6.10 Å². The average Bonchev–Trinajstić information content (AvgIpc) is 2.16. The van der Waals surface area contributed by atoms with Gasteiger partial charge in [0.1, 0.15) is 6.10 Å². The van der Waals surface area contributed by atoms with Gasteiger partial charge in [-0.15, -0.1) is 6.58 Å². The van der Waals surface area contributed by atoms with E-state index >= 15 is 0 Å². The van der Waals surface area contributed by atoms with Gasteiger partial charge in [-0.2, -0.15) is 0 Å². The van der Waals surface area contributed by atoms with Gasteiger partial charge < -0.3 is 10.2 Å². The summed E-state index contributed by atoms with van der Waals surface area (Å²) in [5.74, 6) is 0. The Labute approximate surface area is 97.1 Å². The molecule has 0 heterocycles. The molecule has 0 bridgehead atoms. The van der Waals surface area contributed by atoms with Gasteiger partial charge in [-0.1, -0.05) is 12.7 Å². The summed E-state index contributed by atoms with van der Waals surface area (Å²) in [6, 6.07) is 0. The van der Waals surface area contributed by atoms with Crippen LogP contribution < -0.4 is 0 Å². The van der Waals surface area contributed by atoms with E-state index < -0.39 is 11.9 Å². The average molecular weight is 230 g/mol. The smallest absolute Gasteiger partial charge is 0.185 e. The van der Waals surface area contributed by atoms with Crippen LogP contribution in [0.2, 0.25) is 0 Å². The van der Waals surface area contributed by atoms with Crippen LogP contribution in [0.4, 0.5) is 0 Å². The van der Waals surface area contributed by atoms with Crippen molar-refractivity contribution < 1.29 is 20.0 Å². The number of rotatable bonds is 8. The van der Waals surface area contributed by atoms with Gasteiger partial charge >= 0.3 is 0 Å². The van der Waals surface area contributed by atoms with E-state index in [2.05, 4.69) is 18.0 Å². The van der Waals surface area contributed by atoms with Crippen LogP contribution in [0.15, 0.2) is 24.8 Å². The number of aliphatic hydroxyl groups is 2. The van der Waals surface area contributed by atoms with Gasteiger partial charge in [0.2, 0.25) is 0 Å². The van der Waals surface area contributed by atoms with Crippen LogP contribution in [0.1, 0.15) is 33.6 Å². The lowest BCUT2D eigenvalue weighted by Crippen LogP contribution is -2.25. The fourth-order valence-electron chi connectivity index (χ4n) is 1.05. The largest absolute Gasteiger partial charge is 0.386 e. The van der Waals surface area contributed by atoms with Crippen LogP contribution in [-0.4, -0.2) is 28.2 Å². The van der Waals surface area contributed by atoms with Gasteiger partial charge in [-0.25, -0.2) is 9.78 Å². The van der Waals surface area contributed by atoms with Crippen LogP contribution in [0.25, 0.3) is 0 Å². The summed E-state index contributed by atoms with van der Waals surface area (Å²) < 4.78 is 0. The molecule has 0 rings (SSSR count). The van der Waals surface area contributed by atoms with Gasteiger partial charge in [0.05, 0.1) is 5.60 Å². The van der Waals surface area contributed by atoms with E-state index in [1.54, 1.807) is 13.8 Å². The molecule has 2 N–H and O–H groups in total. The standard InChI is InChI=1S/C12H22O4/c1-6-12(5,14)8-7-11(9(2)3)16-15-10(4)13/h6,10-11,13-14H,1-2,7-8H2,3-5H3. The summed E-state index contributed by atoms with van der Waals surface area (Å²) >= 11 is 0. The Morgan fingerprint density at radius 3 is 2.44 bits per heavy atom. The highest BCUT2D eigenvalue weighted by Gasteiger charge is 2.20. The molecule has 0 aromatic rings. The molecular weight excluding hydrogens is 208 g/mol. The summed E-state index contributed by atoms with van der Waals surface area (Å²) in [4.78, 5) is 9.66. The lowest BCUT2D eigenvalue weighted by atomic mass is 9.96. The third kappa shape index (κ3) is 6.74. The highest BCUT2D eigenvalue weighted by Crippen LogP contribution is 2.19. The van der Waals surface area contributed by atoms with E-state index in [0.717, 1.165) is 5.57 Å². The van der Waals surface area contributed by atoms with Gasteiger partial charge in [-0.05, 0) is 39.2 Å². The van der Waals surface area contributed by atoms with E-state index in [4.69, 9.17) is 9.99 Å². The van der Waals surface area contributed by atoms with Crippen molar-refractivity contribution >= 4 is 0 Å². The highest BCUT2D eigenvalue weighted by molar-refractivity contribution is 5.00. The van der Waals surface area contributed by atoms with Crippen molar-refractivity contribution in [2.75, 3.05) is 0 Å². The Bertz CT molecular complexity index is 233. The highest BCUT2D eigenvalue weighted by atomic mass is 17.2. The topological polar surface area (TPSA) is 58.9 Å². The molecular formula is C12H22O4. The second-order valence-electron chi connectivity index (χ2n) is 4.23. The van der Waals surface area contributed by atoms with Crippen molar-refractivity contribution in [1.29, 1.82) is 0 Å². The van der Waals surface area contributed by atoms with Gasteiger partial charge in [0.15, 0.2) is 6.29 Å². The zero-order valence-electron chi connectivity index (χ0n) is 10.3. The molecule has 0 aromatic heterocycles. The molecule has 0 amide bonds. The monoisotopic (exact) mass is 230 g/mol. The maximum atomic E-state index is 9.74. The molecule has 16 heavy (non-hydrogen) atoms. The van der Waals surface area contributed by atoms with E-state index in [1.165, 1.54) is 13.0 Å². The maximum absolute atomic E-state index is 9.74. The number of hydrogen-bond donors (Lipinski definition) is 2. The quantitative estimate of drug-likeness (QED) is 0.289. The normalized spacial score (nSPS) is 18.6. The Hall–Kier alpha value is -0.680. The fourth-order valence-corrected chi connectivity index (χ4v) is 1.05. The predicted molar refractivity (Wildman–Crippen MR) is 62.5 cm³/mol. The first-order valence-electron chi connectivity index (χ1n) is 5.30. The summed E-state index contributed by atoms with van der Waals surface area (Å²) in [7, 11) is 0. The molecule has 3 atom stereocenters. The van der Waals surface area contributed by atoms with Crippen molar-refractivity contribution in [3.63, 3.8) is 0 Å². The SMILES string of the molecule is C=CC(C)(O)CCC(OOC(C)O)C(=C)C. The first-order valence-corrected chi connectivity index (χ1v) is 5.30. The molecule has 0 spiro atoms. The summed E-state index contributed by atoms with van der Waals surface area (Å²) in [5.41, 5.74) is -0.150. The Morgan fingerprint density at radius 2 is 2.06 bits per heavy atom. The van der Waals surface area contributed by atoms with Gasteiger partial charge in [0.25, 0.3) is 0 Å². The molecule has 0 aromatic carbocycles. The lowest BCUT2D eigenvalue weighted by Gasteiger charge is -2.23. The number of aliphatic hydroxyl groups excluding tert-OH is 1. The zero-order valence-corrected chi connectivity index (χ0v) is 10.3. The van der Waals surface area contributed by atoms with Crippen molar-refractivity contribution in [2.24, 2.45) is 0 Å². The molecule has 0 aliphatic rings. The summed E-state index contributed by atoms with van der Waals surface area (Å²) in [6.45, 7) is 12.2. The van der Waals surface area contributed by atoms with Crippen molar-refractivity contribution in [3.8, 4) is 0 Å². The van der Waals surface area contributed by atoms with Crippen molar-refractivity contribution in [2.45, 2.75) is 51.6 Å². The second-order valence-corrected chi connectivity index (χ2v) is 4.23. The Morgan fingerprint density at radius 1 is 1.50 bits per heavy atom. The first kappa shape index (κ1) is 15.3. The van der Waals surface area contributed by atoms with Crippen LogP contribution >= 0.6 is 0 Å². The fraction of sp³-hybridized carbons (Fsp3) is 0.667. The lowest BCUT2D eigenvalue weighted by molar-refractivity contribution is -0.381. The second kappa shape index (κ2) is 6.81. The molecule has 94 valence electrons. The van der Waals surface area contributed by atoms with Crippen LogP contribution in [0, 0.1) is 0 Å². The third-order valence-electron chi connectivity index (χ3n) is 2.21. The molecule has 0 aliphatic carbocycles. The van der Waals surface area contributed by atoms with Gasteiger partial charge in [0, 0.05) is 0 Å². The third-order valence-corrected chi connectivity index (χ3v) is 2.21. The molecule has 3 unspecified atom stereocenters. The molecule has 0 fully saturated rings. The zero-order chi connectivity index (χ0) is 12.8. The van der Waals surface area contributed by atoms with Crippen LogP contribution in [-0.2, 0) is 9.78 Å². The van der Waals surface area contributed by atoms with Crippen molar-refractivity contribution in [3.05, 3.63) is 24.8 Å². The Kier molecular flexibility index (Phi) is 6.52. The minimum absolute atomic E-state index is 0.346. The maximum Gasteiger partial charge on any atom is 0.185 e. The molecule has 4 heteroatoms. The van der Waals surface area contributed by atoms with Crippen molar-refractivity contribution in [1.82, 2.24) is 0 Å². The van der Waals surface area contributed by atoms with Crippen LogP contribution in [0.5, 0.6) is 0 Å². The minimum atomic E-state index is -0.984. The predicted octanol–water partition coefficient (Wildman–Crippen LogP) is 1.93. The molecule has 0 saturated carbocycles. The van der Waals surface area contributed by atoms with E-state index in [0.29, 0.717) is 12.8 Å². The Balaban J connectivity index is 4.14. The summed E-state index contributed by atoms with van der Waals surface area (Å²) in [5, 5.41) is 18.7. The molecule has 0 saturated heterocycles. The molecule has 0 radical (unpaired) electrons. The van der Waals surface area contributed by atoms with Crippen LogP contribution in [0.3, 0.4) is 0 Å². The van der Waals surface area contributed by atoms with Gasteiger partial charge in [-0.3, -0.25) is 0 Å². The molecule has 4 nitrogen and oxygen atoms in total. The number of hydrogen-bond acceptors (Lipinski definition) is 4. The minimum Gasteiger partial charge on any atom is -0.386 e. The first-order chi connectivity index (χ1) is 7.28. The van der Waals surface area contributed by atoms with E-state index in [1.807, 2.05) is 0 Å². The van der Waals surface area contributed by atoms with E-state index in [9.17, 15) is 5.11 Å². The molecule has 0 aliphatic heterocycles.